The van der Waals surface area contributed by atoms with Crippen LogP contribution in [0.3, 0.4) is 0 Å². The number of thiophene rings is 1. The summed E-state index contributed by atoms with van der Waals surface area (Å²) in [5.74, 6) is 0.828. The number of amides is 1. The molecule has 1 aliphatic heterocycles. The zero-order chi connectivity index (χ0) is 15.1. The molecule has 0 fully saturated rings. The first kappa shape index (κ1) is 13.7. The summed E-state index contributed by atoms with van der Waals surface area (Å²) in [6.07, 6.45) is 2.22. The minimum absolute atomic E-state index is 0.0282. The van der Waals surface area contributed by atoms with Crippen LogP contribution in [-0.2, 0) is 4.79 Å². The maximum absolute atomic E-state index is 12.1. The topological polar surface area (TPSA) is 46.9 Å². The van der Waals surface area contributed by atoms with E-state index in [0.29, 0.717) is 6.42 Å². The molecule has 1 aromatic carbocycles. The Hall–Kier alpha value is -1.92. The van der Waals surface area contributed by atoms with E-state index in [4.69, 9.17) is 0 Å². The summed E-state index contributed by atoms with van der Waals surface area (Å²) >= 11 is 5.12. The quantitative estimate of drug-likeness (QED) is 0.732. The van der Waals surface area contributed by atoms with Crippen molar-refractivity contribution in [3.63, 3.8) is 0 Å². The maximum atomic E-state index is 12.1. The fraction of sp³-hybridized carbons (Fsp3) is 0.125. The predicted molar refractivity (Wildman–Crippen MR) is 90.7 cm³/mol. The molecule has 0 radical (unpaired) electrons. The van der Waals surface area contributed by atoms with Crippen molar-refractivity contribution in [1.82, 2.24) is 9.55 Å². The van der Waals surface area contributed by atoms with Crippen molar-refractivity contribution in [3.8, 4) is 5.69 Å². The number of aromatic nitrogens is 2. The molecule has 22 heavy (non-hydrogen) atoms. The Labute approximate surface area is 139 Å². The molecule has 0 saturated heterocycles. The number of nitrogens with zero attached hydrogens (tertiary/aromatic N) is 2. The molecule has 1 atom stereocenters. The molecule has 110 valence electrons. The lowest BCUT2D eigenvalue weighted by atomic mass is 9.92. The minimum atomic E-state index is 0.0282. The lowest BCUT2D eigenvalue weighted by Crippen LogP contribution is -2.24. The fourth-order valence-electron chi connectivity index (χ4n) is 2.78. The van der Waals surface area contributed by atoms with Gasteiger partial charge in [0.05, 0.1) is 5.69 Å². The number of carbonyl (C=O) groups is 1. The number of halogens is 1. The van der Waals surface area contributed by atoms with Gasteiger partial charge in [-0.3, -0.25) is 9.36 Å². The Morgan fingerprint density at radius 3 is 3.05 bits per heavy atom. The normalized spacial score (nSPS) is 17.1. The summed E-state index contributed by atoms with van der Waals surface area (Å²) in [5.41, 5.74) is 3.05. The summed E-state index contributed by atoms with van der Waals surface area (Å²) in [6, 6.07) is 10.00. The molecule has 0 spiro atoms. The number of hydrogen-bond acceptors (Lipinski definition) is 3. The summed E-state index contributed by atoms with van der Waals surface area (Å²) in [6.45, 7) is 0. The Morgan fingerprint density at radius 2 is 2.27 bits per heavy atom. The smallest absolute Gasteiger partial charge is 0.226 e. The molecule has 3 aromatic rings. The molecule has 4 rings (SSSR count). The van der Waals surface area contributed by atoms with E-state index in [1.807, 2.05) is 34.2 Å². The highest BCUT2D eigenvalue weighted by molar-refractivity contribution is 9.10. The van der Waals surface area contributed by atoms with Gasteiger partial charge >= 0.3 is 0 Å². The van der Waals surface area contributed by atoms with Gasteiger partial charge in [0, 0.05) is 22.5 Å². The number of anilines is 1. The number of nitrogens with one attached hydrogen (secondary N) is 1. The summed E-state index contributed by atoms with van der Waals surface area (Å²) in [5, 5.41) is 7.09. The third-order valence-electron chi connectivity index (χ3n) is 3.81. The van der Waals surface area contributed by atoms with Gasteiger partial charge in [-0.1, -0.05) is 22.0 Å². The first-order chi connectivity index (χ1) is 10.7. The van der Waals surface area contributed by atoms with Crippen molar-refractivity contribution in [2.45, 2.75) is 12.3 Å². The SMILES string of the molecule is O=C1CC(c2ccsc2)c2ncn(-c3cccc(Br)c3)c2N1. The minimum Gasteiger partial charge on any atom is -0.310 e. The number of imidazole rings is 1. The van der Waals surface area contributed by atoms with E-state index in [1.54, 1.807) is 17.7 Å². The zero-order valence-corrected chi connectivity index (χ0v) is 13.9. The number of benzene rings is 1. The van der Waals surface area contributed by atoms with Crippen molar-refractivity contribution in [2.24, 2.45) is 0 Å². The van der Waals surface area contributed by atoms with Crippen LogP contribution < -0.4 is 5.32 Å². The van der Waals surface area contributed by atoms with E-state index in [-0.39, 0.29) is 11.8 Å². The zero-order valence-electron chi connectivity index (χ0n) is 11.5. The molecule has 3 heterocycles. The van der Waals surface area contributed by atoms with Crippen molar-refractivity contribution in [3.05, 3.63) is 63.1 Å². The molecule has 1 unspecified atom stereocenters. The van der Waals surface area contributed by atoms with Gasteiger partial charge in [-0.25, -0.2) is 4.98 Å². The van der Waals surface area contributed by atoms with Crippen LogP contribution in [0, 0.1) is 0 Å². The van der Waals surface area contributed by atoms with E-state index < -0.39 is 0 Å². The molecule has 0 saturated carbocycles. The van der Waals surface area contributed by atoms with Gasteiger partial charge in [0.15, 0.2) is 0 Å². The van der Waals surface area contributed by atoms with Gasteiger partial charge in [0.2, 0.25) is 5.91 Å². The van der Waals surface area contributed by atoms with Crippen LogP contribution in [0.1, 0.15) is 23.6 Å². The largest absolute Gasteiger partial charge is 0.310 e. The Bertz CT molecular complexity index is 841. The molecule has 0 bridgehead atoms. The van der Waals surface area contributed by atoms with Crippen LogP contribution in [0.5, 0.6) is 0 Å². The fourth-order valence-corrected chi connectivity index (χ4v) is 3.88. The first-order valence-electron chi connectivity index (χ1n) is 6.87. The number of carbonyl (C=O) groups excluding carboxylic acids is 1. The third-order valence-corrected chi connectivity index (χ3v) is 5.00. The van der Waals surface area contributed by atoms with Crippen molar-refractivity contribution >= 4 is 39.0 Å². The molecule has 1 amide bonds. The van der Waals surface area contributed by atoms with Crippen molar-refractivity contribution in [1.29, 1.82) is 0 Å². The standard InChI is InChI=1S/C16H12BrN3OS/c17-11-2-1-3-12(6-11)20-9-18-15-13(10-4-5-22-8-10)7-14(21)19-16(15)20/h1-6,8-9,13H,7H2,(H,19,21). The van der Waals surface area contributed by atoms with Gasteiger partial charge in [0.1, 0.15) is 12.1 Å². The molecule has 6 heteroatoms. The van der Waals surface area contributed by atoms with Crippen LogP contribution in [0.25, 0.3) is 5.69 Å². The number of hydrogen-bond donors (Lipinski definition) is 1. The highest BCUT2D eigenvalue weighted by Crippen LogP contribution is 2.38. The van der Waals surface area contributed by atoms with Crippen molar-refractivity contribution < 1.29 is 4.79 Å². The average Bonchev–Trinajstić information content (AvgIpc) is 3.16. The third kappa shape index (κ3) is 2.28. The van der Waals surface area contributed by atoms with E-state index >= 15 is 0 Å². The van der Waals surface area contributed by atoms with E-state index in [9.17, 15) is 4.79 Å². The van der Waals surface area contributed by atoms with Gasteiger partial charge in [-0.2, -0.15) is 11.3 Å². The molecule has 1 N–H and O–H groups in total. The lowest BCUT2D eigenvalue weighted by molar-refractivity contribution is -0.116. The van der Waals surface area contributed by atoms with Crippen LogP contribution in [-0.4, -0.2) is 15.5 Å². The Kier molecular flexibility index (Phi) is 3.35. The van der Waals surface area contributed by atoms with Gasteiger partial charge in [-0.05, 0) is 40.6 Å². The van der Waals surface area contributed by atoms with E-state index in [1.165, 1.54) is 0 Å². The molecule has 2 aromatic heterocycles. The lowest BCUT2D eigenvalue weighted by Gasteiger charge is -2.22. The van der Waals surface area contributed by atoms with Crippen LogP contribution >= 0.6 is 27.3 Å². The van der Waals surface area contributed by atoms with Crippen LogP contribution in [0.4, 0.5) is 5.82 Å². The molecule has 0 aliphatic carbocycles. The van der Waals surface area contributed by atoms with Gasteiger partial charge < -0.3 is 5.32 Å². The van der Waals surface area contributed by atoms with E-state index in [0.717, 1.165) is 27.2 Å². The van der Waals surface area contributed by atoms with Crippen molar-refractivity contribution in [2.75, 3.05) is 5.32 Å². The summed E-state index contributed by atoms with van der Waals surface area (Å²) in [7, 11) is 0. The Morgan fingerprint density at radius 1 is 1.36 bits per heavy atom. The second-order valence-electron chi connectivity index (χ2n) is 5.19. The number of fused-ring (bicyclic) bond motifs is 1. The van der Waals surface area contributed by atoms with Crippen LogP contribution in [0.2, 0.25) is 0 Å². The maximum Gasteiger partial charge on any atom is 0.226 e. The van der Waals surface area contributed by atoms with Crippen LogP contribution in [0.15, 0.2) is 51.9 Å². The number of rotatable bonds is 2. The molecular weight excluding hydrogens is 362 g/mol. The van der Waals surface area contributed by atoms with Gasteiger partial charge in [-0.15, -0.1) is 0 Å². The molecule has 4 nitrogen and oxygen atoms in total. The summed E-state index contributed by atoms with van der Waals surface area (Å²) < 4.78 is 2.92. The highest BCUT2D eigenvalue weighted by Gasteiger charge is 2.31. The Balaban J connectivity index is 1.84. The van der Waals surface area contributed by atoms with E-state index in [2.05, 4.69) is 37.7 Å². The molecular formula is C16H12BrN3OS. The average molecular weight is 374 g/mol. The molecule has 1 aliphatic rings. The summed E-state index contributed by atoms with van der Waals surface area (Å²) in [4.78, 5) is 16.7. The highest BCUT2D eigenvalue weighted by atomic mass is 79.9. The predicted octanol–water partition coefficient (Wildman–Crippen LogP) is 4.17. The monoisotopic (exact) mass is 373 g/mol. The first-order valence-corrected chi connectivity index (χ1v) is 8.61. The van der Waals surface area contributed by atoms with Gasteiger partial charge in [0.25, 0.3) is 0 Å². The second-order valence-corrected chi connectivity index (χ2v) is 6.89. The second kappa shape index (κ2) is 5.37.